The number of fused-ring (bicyclic) bond motifs is 1. The molecule has 0 radical (unpaired) electrons. The van der Waals surface area contributed by atoms with Crippen LogP contribution in [0.15, 0.2) is 48.5 Å². The Kier molecular flexibility index (Phi) is 4.20. The standard InChI is InChI=1S/C17H13F2N3O/c18-17(19)23-13-7-5-11(6-8-13)9-12(10-20)16-21-14-3-1-2-4-15(14)22-16/h1-8,12,17H,9H2,(H,21,22)/t12-/m0/s1. The number of hydrogen-bond acceptors (Lipinski definition) is 3. The van der Waals surface area contributed by atoms with Crippen LogP contribution in [-0.4, -0.2) is 16.6 Å². The minimum atomic E-state index is -2.84. The molecule has 0 unspecified atom stereocenters. The first-order chi connectivity index (χ1) is 11.2. The molecular weight excluding hydrogens is 300 g/mol. The molecule has 2 aromatic carbocycles. The Labute approximate surface area is 131 Å². The van der Waals surface area contributed by atoms with E-state index >= 15 is 0 Å². The van der Waals surface area contributed by atoms with E-state index in [4.69, 9.17) is 0 Å². The molecule has 3 rings (SSSR count). The second-order valence-electron chi connectivity index (χ2n) is 5.05. The molecule has 0 fully saturated rings. The number of aromatic amines is 1. The van der Waals surface area contributed by atoms with Gasteiger partial charge in [0.05, 0.1) is 17.1 Å². The Morgan fingerprint density at radius 2 is 1.87 bits per heavy atom. The first kappa shape index (κ1) is 15.0. The Morgan fingerprint density at radius 3 is 2.52 bits per heavy atom. The number of nitrogens with zero attached hydrogens (tertiary/aromatic N) is 2. The van der Waals surface area contributed by atoms with Gasteiger partial charge in [0, 0.05) is 0 Å². The van der Waals surface area contributed by atoms with Gasteiger partial charge in [-0.15, -0.1) is 0 Å². The van der Waals surface area contributed by atoms with E-state index in [2.05, 4.69) is 20.8 Å². The lowest BCUT2D eigenvalue weighted by atomic mass is 10.00. The number of imidazole rings is 1. The Balaban J connectivity index is 1.78. The second kappa shape index (κ2) is 6.44. The first-order valence-corrected chi connectivity index (χ1v) is 7.03. The number of halogens is 2. The third-order valence-corrected chi connectivity index (χ3v) is 3.48. The van der Waals surface area contributed by atoms with E-state index in [0.29, 0.717) is 12.2 Å². The van der Waals surface area contributed by atoms with Crippen molar-refractivity contribution >= 4 is 11.0 Å². The number of nitrogens with one attached hydrogen (secondary N) is 1. The lowest BCUT2D eigenvalue weighted by Crippen LogP contribution is -2.04. The van der Waals surface area contributed by atoms with Crippen molar-refractivity contribution in [3.8, 4) is 11.8 Å². The monoisotopic (exact) mass is 313 g/mol. The molecular formula is C17H13F2N3O. The van der Waals surface area contributed by atoms with Gasteiger partial charge in [-0.3, -0.25) is 0 Å². The molecule has 0 aliphatic carbocycles. The quantitative estimate of drug-likeness (QED) is 0.774. The molecule has 0 saturated heterocycles. The van der Waals surface area contributed by atoms with Gasteiger partial charge in [-0.25, -0.2) is 4.98 Å². The summed E-state index contributed by atoms with van der Waals surface area (Å²) in [5, 5.41) is 9.41. The second-order valence-corrected chi connectivity index (χ2v) is 5.05. The summed E-state index contributed by atoms with van der Waals surface area (Å²) in [5.74, 6) is 0.256. The highest BCUT2D eigenvalue weighted by Gasteiger charge is 2.16. The molecule has 0 aliphatic rings. The molecule has 0 amide bonds. The van der Waals surface area contributed by atoms with Gasteiger partial charge < -0.3 is 9.72 Å². The minimum Gasteiger partial charge on any atom is -0.435 e. The van der Waals surface area contributed by atoms with E-state index in [-0.39, 0.29) is 5.75 Å². The Hall–Kier alpha value is -2.94. The van der Waals surface area contributed by atoms with Crippen molar-refractivity contribution in [3.63, 3.8) is 0 Å². The van der Waals surface area contributed by atoms with E-state index in [1.54, 1.807) is 12.1 Å². The number of hydrogen-bond donors (Lipinski definition) is 1. The lowest BCUT2D eigenvalue weighted by Gasteiger charge is -2.08. The number of para-hydroxylation sites is 2. The zero-order valence-electron chi connectivity index (χ0n) is 12.0. The molecule has 3 aromatic rings. The van der Waals surface area contributed by atoms with Crippen LogP contribution in [0.4, 0.5) is 8.78 Å². The topological polar surface area (TPSA) is 61.7 Å². The third-order valence-electron chi connectivity index (χ3n) is 3.48. The molecule has 0 aliphatic heterocycles. The molecule has 116 valence electrons. The van der Waals surface area contributed by atoms with E-state index in [1.165, 1.54) is 12.1 Å². The predicted molar refractivity (Wildman–Crippen MR) is 81.2 cm³/mol. The third kappa shape index (κ3) is 3.46. The van der Waals surface area contributed by atoms with Crippen LogP contribution in [0.5, 0.6) is 5.75 Å². The molecule has 0 spiro atoms. The Bertz CT molecular complexity index is 804. The fourth-order valence-corrected chi connectivity index (χ4v) is 2.38. The van der Waals surface area contributed by atoms with Crippen LogP contribution in [0.1, 0.15) is 17.3 Å². The normalized spacial score (nSPS) is 12.3. The highest BCUT2D eigenvalue weighted by Crippen LogP contribution is 2.23. The van der Waals surface area contributed by atoms with Crippen LogP contribution >= 0.6 is 0 Å². The van der Waals surface area contributed by atoms with E-state index in [9.17, 15) is 14.0 Å². The van der Waals surface area contributed by atoms with Crippen LogP contribution < -0.4 is 4.74 Å². The zero-order valence-corrected chi connectivity index (χ0v) is 12.0. The zero-order chi connectivity index (χ0) is 16.2. The molecule has 1 atom stereocenters. The molecule has 1 heterocycles. The van der Waals surface area contributed by atoms with Crippen LogP contribution in [0.2, 0.25) is 0 Å². The smallest absolute Gasteiger partial charge is 0.387 e. The van der Waals surface area contributed by atoms with Crippen molar-refractivity contribution in [1.29, 1.82) is 5.26 Å². The fraction of sp³-hybridized carbons (Fsp3) is 0.176. The molecule has 4 nitrogen and oxygen atoms in total. The number of ether oxygens (including phenoxy) is 1. The number of alkyl halides is 2. The number of rotatable bonds is 5. The van der Waals surface area contributed by atoms with Crippen LogP contribution in [0.25, 0.3) is 11.0 Å². The maximum atomic E-state index is 12.1. The van der Waals surface area contributed by atoms with Crippen LogP contribution in [0, 0.1) is 11.3 Å². The van der Waals surface area contributed by atoms with Gasteiger partial charge in [0.1, 0.15) is 17.5 Å². The van der Waals surface area contributed by atoms with Crippen molar-refractivity contribution in [2.75, 3.05) is 0 Å². The average molecular weight is 313 g/mol. The van der Waals surface area contributed by atoms with Gasteiger partial charge in [-0.2, -0.15) is 14.0 Å². The van der Waals surface area contributed by atoms with Gasteiger partial charge in [0.15, 0.2) is 0 Å². The highest BCUT2D eigenvalue weighted by molar-refractivity contribution is 5.74. The van der Waals surface area contributed by atoms with E-state index in [1.807, 2.05) is 24.3 Å². The predicted octanol–water partition coefficient (Wildman–Crippen LogP) is 4.01. The Morgan fingerprint density at radius 1 is 1.13 bits per heavy atom. The summed E-state index contributed by atoms with van der Waals surface area (Å²) in [6.07, 6.45) is 0.436. The summed E-state index contributed by atoms with van der Waals surface area (Å²) < 4.78 is 28.6. The van der Waals surface area contributed by atoms with Gasteiger partial charge in [0.25, 0.3) is 0 Å². The summed E-state index contributed by atoms with van der Waals surface area (Å²) in [4.78, 5) is 7.58. The van der Waals surface area contributed by atoms with Crippen LogP contribution in [0.3, 0.4) is 0 Å². The lowest BCUT2D eigenvalue weighted by molar-refractivity contribution is -0.0498. The number of nitriles is 1. The van der Waals surface area contributed by atoms with Gasteiger partial charge >= 0.3 is 6.61 Å². The maximum absolute atomic E-state index is 12.1. The first-order valence-electron chi connectivity index (χ1n) is 7.03. The van der Waals surface area contributed by atoms with Gasteiger partial charge in [-0.1, -0.05) is 24.3 Å². The maximum Gasteiger partial charge on any atom is 0.387 e. The number of benzene rings is 2. The summed E-state index contributed by atoms with van der Waals surface area (Å²) in [6, 6.07) is 16.1. The molecule has 1 aromatic heterocycles. The van der Waals surface area contributed by atoms with Crippen molar-refractivity contribution in [2.45, 2.75) is 19.0 Å². The summed E-state index contributed by atoms with van der Waals surface area (Å²) in [7, 11) is 0. The summed E-state index contributed by atoms with van der Waals surface area (Å²) in [5.41, 5.74) is 2.53. The molecule has 1 N–H and O–H groups in total. The highest BCUT2D eigenvalue weighted by atomic mass is 19.3. The van der Waals surface area contributed by atoms with Crippen molar-refractivity contribution < 1.29 is 13.5 Å². The van der Waals surface area contributed by atoms with Crippen molar-refractivity contribution in [1.82, 2.24) is 9.97 Å². The number of H-pyrrole nitrogens is 1. The summed E-state index contributed by atoms with van der Waals surface area (Å²) in [6.45, 7) is -2.84. The van der Waals surface area contributed by atoms with E-state index < -0.39 is 12.5 Å². The van der Waals surface area contributed by atoms with Gasteiger partial charge in [0.2, 0.25) is 0 Å². The average Bonchev–Trinajstić information content (AvgIpc) is 2.97. The SMILES string of the molecule is N#C[C@H](Cc1ccc(OC(F)F)cc1)c1nc2ccccc2[nH]1. The largest absolute Gasteiger partial charge is 0.435 e. The van der Waals surface area contributed by atoms with E-state index in [0.717, 1.165) is 16.6 Å². The minimum absolute atomic E-state index is 0.0981. The van der Waals surface area contributed by atoms with Gasteiger partial charge in [-0.05, 0) is 36.2 Å². The fourth-order valence-electron chi connectivity index (χ4n) is 2.38. The number of aromatic nitrogens is 2. The van der Waals surface area contributed by atoms with Crippen molar-refractivity contribution in [3.05, 3.63) is 59.9 Å². The molecule has 6 heteroatoms. The molecule has 23 heavy (non-hydrogen) atoms. The van der Waals surface area contributed by atoms with Crippen molar-refractivity contribution in [2.24, 2.45) is 0 Å². The summed E-state index contributed by atoms with van der Waals surface area (Å²) >= 11 is 0. The molecule has 0 saturated carbocycles. The molecule has 0 bridgehead atoms. The van der Waals surface area contributed by atoms with Crippen LogP contribution in [-0.2, 0) is 6.42 Å².